The molecule has 1 unspecified atom stereocenters. The van der Waals surface area contributed by atoms with Gasteiger partial charge in [-0.25, -0.2) is 0 Å². The van der Waals surface area contributed by atoms with Crippen molar-refractivity contribution in [1.82, 2.24) is 0 Å². The SMILES string of the molecule is CC(C)(C)OC(=O)C(N)CCC1OCCO1. The van der Waals surface area contributed by atoms with Crippen LogP contribution in [0.4, 0.5) is 0 Å². The van der Waals surface area contributed by atoms with E-state index in [-0.39, 0.29) is 12.3 Å². The number of carbonyl (C=O) groups is 1. The molecule has 94 valence electrons. The predicted molar refractivity (Wildman–Crippen MR) is 58.7 cm³/mol. The summed E-state index contributed by atoms with van der Waals surface area (Å²) in [4.78, 5) is 11.5. The van der Waals surface area contributed by atoms with Crippen LogP contribution in [0.2, 0.25) is 0 Å². The second-order valence-electron chi connectivity index (χ2n) is 4.89. The highest BCUT2D eigenvalue weighted by Crippen LogP contribution is 2.13. The van der Waals surface area contributed by atoms with Gasteiger partial charge in [-0.3, -0.25) is 4.79 Å². The largest absolute Gasteiger partial charge is 0.459 e. The Balaban J connectivity index is 2.23. The standard InChI is InChI=1S/C11H21NO4/c1-11(2,3)16-10(13)8(12)4-5-9-14-6-7-15-9/h8-9H,4-7,12H2,1-3H3. The number of ether oxygens (including phenoxy) is 3. The van der Waals surface area contributed by atoms with Gasteiger partial charge in [0.2, 0.25) is 0 Å². The van der Waals surface area contributed by atoms with Crippen LogP contribution in [0.25, 0.3) is 0 Å². The van der Waals surface area contributed by atoms with Gasteiger partial charge in [-0.15, -0.1) is 0 Å². The maximum atomic E-state index is 11.5. The first-order chi connectivity index (χ1) is 7.38. The highest BCUT2D eigenvalue weighted by atomic mass is 16.7. The summed E-state index contributed by atoms with van der Waals surface area (Å²) in [5.41, 5.74) is 5.23. The average molecular weight is 231 g/mol. The smallest absolute Gasteiger partial charge is 0.323 e. The molecular formula is C11H21NO4. The van der Waals surface area contributed by atoms with Crippen LogP contribution in [0.1, 0.15) is 33.6 Å². The topological polar surface area (TPSA) is 70.8 Å². The minimum Gasteiger partial charge on any atom is -0.459 e. The van der Waals surface area contributed by atoms with Crippen molar-refractivity contribution >= 4 is 5.97 Å². The summed E-state index contributed by atoms with van der Waals surface area (Å²) < 4.78 is 15.7. The van der Waals surface area contributed by atoms with Gasteiger partial charge in [0.1, 0.15) is 11.6 Å². The molecule has 1 atom stereocenters. The summed E-state index contributed by atoms with van der Waals surface area (Å²) in [5.74, 6) is -0.370. The fourth-order valence-corrected chi connectivity index (χ4v) is 1.38. The highest BCUT2D eigenvalue weighted by molar-refractivity contribution is 5.75. The summed E-state index contributed by atoms with van der Waals surface area (Å²) in [6.45, 7) is 6.70. The van der Waals surface area contributed by atoms with E-state index in [9.17, 15) is 4.79 Å². The molecule has 0 aromatic heterocycles. The Labute approximate surface area is 96.2 Å². The fraction of sp³-hybridized carbons (Fsp3) is 0.909. The quantitative estimate of drug-likeness (QED) is 0.725. The Morgan fingerprint density at radius 1 is 1.44 bits per heavy atom. The molecule has 1 fully saturated rings. The molecule has 5 nitrogen and oxygen atoms in total. The molecule has 5 heteroatoms. The molecule has 0 bridgehead atoms. The number of carbonyl (C=O) groups excluding carboxylic acids is 1. The first-order valence-corrected chi connectivity index (χ1v) is 5.60. The van der Waals surface area contributed by atoms with Crippen molar-refractivity contribution in [3.05, 3.63) is 0 Å². The van der Waals surface area contributed by atoms with Gasteiger partial charge in [0.15, 0.2) is 6.29 Å². The van der Waals surface area contributed by atoms with E-state index in [1.807, 2.05) is 20.8 Å². The maximum absolute atomic E-state index is 11.5. The molecular weight excluding hydrogens is 210 g/mol. The Morgan fingerprint density at radius 2 is 2.00 bits per heavy atom. The van der Waals surface area contributed by atoms with E-state index in [0.29, 0.717) is 26.1 Å². The fourth-order valence-electron chi connectivity index (χ4n) is 1.38. The molecule has 0 spiro atoms. The first-order valence-electron chi connectivity index (χ1n) is 5.60. The van der Waals surface area contributed by atoms with Gasteiger partial charge < -0.3 is 19.9 Å². The minimum absolute atomic E-state index is 0.214. The molecule has 0 saturated carbocycles. The second-order valence-corrected chi connectivity index (χ2v) is 4.89. The monoisotopic (exact) mass is 231 g/mol. The highest BCUT2D eigenvalue weighted by Gasteiger charge is 2.24. The molecule has 1 aliphatic rings. The summed E-state index contributed by atoms with van der Waals surface area (Å²) in [7, 11) is 0. The van der Waals surface area contributed by atoms with Crippen LogP contribution in [0.15, 0.2) is 0 Å². The third-order valence-corrected chi connectivity index (χ3v) is 2.11. The summed E-state index contributed by atoms with van der Waals surface area (Å²) in [6, 6.07) is -0.605. The van der Waals surface area contributed by atoms with E-state index in [4.69, 9.17) is 19.9 Å². The number of esters is 1. The summed E-state index contributed by atoms with van der Waals surface area (Å²) in [5, 5.41) is 0. The molecule has 0 aromatic rings. The summed E-state index contributed by atoms with van der Waals surface area (Å²) in [6.07, 6.45) is 0.925. The van der Waals surface area contributed by atoms with E-state index in [2.05, 4.69) is 0 Å². The third kappa shape index (κ3) is 4.92. The van der Waals surface area contributed by atoms with Crippen molar-refractivity contribution in [3.63, 3.8) is 0 Å². The lowest BCUT2D eigenvalue weighted by Crippen LogP contribution is -2.37. The zero-order valence-corrected chi connectivity index (χ0v) is 10.2. The van der Waals surface area contributed by atoms with Gasteiger partial charge in [0.05, 0.1) is 13.2 Å². The van der Waals surface area contributed by atoms with Crippen LogP contribution in [0.5, 0.6) is 0 Å². The Hall–Kier alpha value is -0.650. The number of hydrogen-bond donors (Lipinski definition) is 1. The van der Waals surface area contributed by atoms with Gasteiger partial charge in [0, 0.05) is 6.42 Å². The van der Waals surface area contributed by atoms with Gasteiger partial charge in [-0.1, -0.05) is 0 Å². The van der Waals surface area contributed by atoms with Gasteiger partial charge in [0.25, 0.3) is 0 Å². The molecule has 1 aliphatic heterocycles. The molecule has 1 heterocycles. The Bertz CT molecular complexity index is 231. The Morgan fingerprint density at radius 3 is 2.50 bits per heavy atom. The van der Waals surface area contributed by atoms with Crippen LogP contribution >= 0.6 is 0 Å². The van der Waals surface area contributed by atoms with Crippen molar-refractivity contribution < 1.29 is 19.0 Å². The third-order valence-electron chi connectivity index (χ3n) is 2.11. The van der Waals surface area contributed by atoms with Crippen molar-refractivity contribution in [2.75, 3.05) is 13.2 Å². The zero-order valence-electron chi connectivity index (χ0n) is 10.2. The maximum Gasteiger partial charge on any atom is 0.323 e. The molecule has 1 saturated heterocycles. The molecule has 0 aliphatic carbocycles. The molecule has 1 rings (SSSR count). The van der Waals surface area contributed by atoms with E-state index >= 15 is 0 Å². The van der Waals surface area contributed by atoms with Crippen LogP contribution in [0.3, 0.4) is 0 Å². The molecule has 0 radical (unpaired) electrons. The number of hydrogen-bond acceptors (Lipinski definition) is 5. The van der Waals surface area contributed by atoms with Gasteiger partial charge in [-0.2, -0.15) is 0 Å². The van der Waals surface area contributed by atoms with E-state index in [1.165, 1.54) is 0 Å². The van der Waals surface area contributed by atoms with Gasteiger partial charge in [-0.05, 0) is 27.2 Å². The number of nitrogens with two attached hydrogens (primary N) is 1. The first kappa shape index (κ1) is 13.4. The second kappa shape index (κ2) is 5.61. The lowest BCUT2D eigenvalue weighted by atomic mass is 10.1. The predicted octanol–water partition coefficient (Wildman–Crippen LogP) is 0.808. The summed E-state index contributed by atoms with van der Waals surface area (Å²) >= 11 is 0. The zero-order chi connectivity index (χ0) is 12.2. The van der Waals surface area contributed by atoms with Crippen LogP contribution in [0, 0.1) is 0 Å². The van der Waals surface area contributed by atoms with Crippen molar-refractivity contribution in [2.45, 2.75) is 51.5 Å². The Kier molecular flexibility index (Phi) is 4.70. The molecule has 2 N–H and O–H groups in total. The molecule has 0 aromatic carbocycles. The minimum atomic E-state index is -0.605. The van der Waals surface area contributed by atoms with Crippen LogP contribution < -0.4 is 5.73 Å². The van der Waals surface area contributed by atoms with Crippen molar-refractivity contribution in [1.29, 1.82) is 0 Å². The average Bonchev–Trinajstić information content (AvgIpc) is 2.63. The van der Waals surface area contributed by atoms with E-state index in [0.717, 1.165) is 0 Å². The lowest BCUT2D eigenvalue weighted by Gasteiger charge is -2.22. The van der Waals surface area contributed by atoms with Crippen LogP contribution in [-0.2, 0) is 19.0 Å². The molecule has 16 heavy (non-hydrogen) atoms. The van der Waals surface area contributed by atoms with Crippen LogP contribution in [-0.4, -0.2) is 37.1 Å². The van der Waals surface area contributed by atoms with Gasteiger partial charge >= 0.3 is 5.97 Å². The van der Waals surface area contributed by atoms with E-state index < -0.39 is 11.6 Å². The lowest BCUT2D eigenvalue weighted by molar-refractivity contribution is -0.157. The number of rotatable bonds is 4. The van der Waals surface area contributed by atoms with Crippen molar-refractivity contribution in [2.24, 2.45) is 5.73 Å². The van der Waals surface area contributed by atoms with Crippen molar-refractivity contribution in [3.8, 4) is 0 Å². The van der Waals surface area contributed by atoms with E-state index in [1.54, 1.807) is 0 Å². The molecule has 0 amide bonds. The normalized spacial score (nSPS) is 19.8.